The smallest absolute Gasteiger partial charge is 0.329 e. The Bertz CT molecular complexity index is 470. The van der Waals surface area contributed by atoms with Crippen molar-refractivity contribution in [1.29, 1.82) is 0 Å². The van der Waals surface area contributed by atoms with Gasteiger partial charge in [-0.1, -0.05) is 19.8 Å². The monoisotopic (exact) mass is 343 g/mol. The molecule has 0 bridgehead atoms. The van der Waals surface area contributed by atoms with E-state index in [4.69, 9.17) is 9.84 Å². The molecule has 0 unspecified atom stereocenters. The zero-order chi connectivity index (χ0) is 18.5. The van der Waals surface area contributed by atoms with Crippen molar-refractivity contribution >= 4 is 17.8 Å². The number of carbonyl (C=O) groups is 3. The maximum atomic E-state index is 12.8. The fourth-order valence-electron chi connectivity index (χ4n) is 2.86. The summed E-state index contributed by atoms with van der Waals surface area (Å²) in [5.74, 6) is -2.68. The molecule has 0 spiro atoms. The zero-order valence-corrected chi connectivity index (χ0v) is 14.9. The van der Waals surface area contributed by atoms with Crippen molar-refractivity contribution in [2.45, 2.75) is 77.5 Å². The molecule has 1 rings (SSSR count). The molecule has 0 aromatic rings. The van der Waals surface area contributed by atoms with E-state index in [9.17, 15) is 19.5 Å². The van der Waals surface area contributed by atoms with E-state index in [2.05, 4.69) is 0 Å². The third-order valence-electron chi connectivity index (χ3n) is 3.92. The van der Waals surface area contributed by atoms with Crippen molar-refractivity contribution in [3.8, 4) is 0 Å². The summed E-state index contributed by atoms with van der Waals surface area (Å²) in [5, 5.41) is 18.9. The van der Waals surface area contributed by atoms with Crippen LogP contribution in [0.2, 0.25) is 0 Å². The average Bonchev–Trinajstić information content (AvgIpc) is 2.82. The summed E-state index contributed by atoms with van der Waals surface area (Å²) in [4.78, 5) is 37.4. The number of hydrogen-bond acceptors (Lipinski definition) is 5. The van der Waals surface area contributed by atoms with E-state index in [1.54, 1.807) is 20.8 Å². The Morgan fingerprint density at radius 1 is 1.29 bits per heavy atom. The topological polar surface area (TPSA) is 104 Å². The van der Waals surface area contributed by atoms with Crippen LogP contribution in [0.1, 0.15) is 59.8 Å². The van der Waals surface area contributed by atoms with Gasteiger partial charge in [0.1, 0.15) is 11.6 Å². The number of carbonyl (C=O) groups excluding carboxylic acids is 2. The number of hydrogen-bond donors (Lipinski definition) is 2. The molecule has 1 saturated heterocycles. The lowest BCUT2D eigenvalue weighted by molar-refractivity contribution is -0.164. The average molecular weight is 343 g/mol. The molecule has 1 heterocycles. The number of nitrogens with zero attached hydrogens (tertiary/aromatic N) is 1. The van der Waals surface area contributed by atoms with Crippen LogP contribution in [0.5, 0.6) is 0 Å². The summed E-state index contributed by atoms with van der Waals surface area (Å²) in [7, 11) is 0. The van der Waals surface area contributed by atoms with Crippen LogP contribution in [-0.4, -0.2) is 57.3 Å². The quantitative estimate of drug-likeness (QED) is 0.680. The first-order chi connectivity index (χ1) is 11.0. The highest BCUT2D eigenvalue weighted by atomic mass is 16.6. The number of likely N-dealkylation sites (tertiary alicyclic amines) is 1. The standard InChI is InChI=1S/C17H29NO6/c1-5-6-7-11(8-14(20)21)15(22)18-10-12(19)9-13(18)16(23)24-17(2,3)4/h11-13,19H,5-10H2,1-4H3,(H,20,21)/t11-,12-,13+/m1/s1. The first-order valence-electron chi connectivity index (χ1n) is 8.48. The van der Waals surface area contributed by atoms with E-state index >= 15 is 0 Å². The van der Waals surface area contributed by atoms with Gasteiger partial charge in [-0.15, -0.1) is 0 Å². The molecular formula is C17H29NO6. The maximum Gasteiger partial charge on any atom is 0.329 e. The molecule has 24 heavy (non-hydrogen) atoms. The van der Waals surface area contributed by atoms with Crippen LogP contribution in [0, 0.1) is 5.92 Å². The second-order valence-corrected chi connectivity index (χ2v) is 7.37. The fraction of sp³-hybridized carbons (Fsp3) is 0.824. The van der Waals surface area contributed by atoms with Crippen molar-refractivity contribution in [3.05, 3.63) is 0 Å². The number of carboxylic acids is 1. The van der Waals surface area contributed by atoms with Crippen molar-refractivity contribution in [3.63, 3.8) is 0 Å². The number of β-amino-alcohol motifs (C(OH)–C–C–N with tert-alkyl or cyclic N) is 1. The molecule has 3 atom stereocenters. The van der Waals surface area contributed by atoms with Gasteiger partial charge in [0.15, 0.2) is 0 Å². The highest BCUT2D eigenvalue weighted by molar-refractivity contribution is 5.88. The minimum atomic E-state index is -1.04. The second-order valence-electron chi connectivity index (χ2n) is 7.37. The number of aliphatic hydroxyl groups is 1. The minimum absolute atomic E-state index is 0.0327. The fourth-order valence-corrected chi connectivity index (χ4v) is 2.86. The number of unbranched alkanes of at least 4 members (excludes halogenated alkanes) is 1. The van der Waals surface area contributed by atoms with E-state index in [0.29, 0.717) is 6.42 Å². The first kappa shape index (κ1) is 20.4. The number of esters is 1. The van der Waals surface area contributed by atoms with Crippen LogP contribution < -0.4 is 0 Å². The van der Waals surface area contributed by atoms with Crippen LogP contribution in [0.3, 0.4) is 0 Å². The first-order valence-corrected chi connectivity index (χ1v) is 8.48. The number of rotatable bonds is 7. The molecule has 7 heteroatoms. The summed E-state index contributed by atoms with van der Waals surface area (Å²) in [6.07, 6.45) is 1.08. The highest BCUT2D eigenvalue weighted by Gasteiger charge is 2.43. The van der Waals surface area contributed by atoms with E-state index in [1.165, 1.54) is 4.90 Å². The minimum Gasteiger partial charge on any atom is -0.481 e. The molecule has 0 aliphatic carbocycles. The summed E-state index contributed by atoms with van der Waals surface area (Å²) < 4.78 is 5.33. The molecule has 7 nitrogen and oxygen atoms in total. The third-order valence-corrected chi connectivity index (χ3v) is 3.92. The van der Waals surface area contributed by atoms with Gasteiger partial charge in [0.05, 0.1) is 12.5 Å². The number of ether oxygens (including phenoxy) is 1. The summed E-state index contributed by atoms with van der Waals surface area (Å²) in [6.45, 7) is 7.20. The van der Waals surface area contributed by atoms with Gasteiger partial charge < -0.3 is 19.8 Å². The lowest BCUT2D eigenvalue weighted by atomic mass is 9.96. The molecule has 2 N–H and O–H groups in total. The van der Waals surface area contributed by atoms with Crippen LogP contribution in [0.25, 0.3) is 0 Å². The Labute approximate surface area is 143 Å². The molecule has 1 aliphatic rings. The van der Waals surface area contributed by atoms with Crippen LogP contribution in [0.15, 0.2) is 0 Å². The predicted molar refractivity (Wildman–Crippen MR) is 87.2 cm³/mol. The van der Waals surface area contributed by atoms with Gasteiger partial charge in [-0.2, -0.15) is 0 Å². The molecule has 1 aliphatic heterocycles. The summed E-state index contributed by atoms with van der Waals surface area (Å²) in [5.41, 5.74) is -0.692. The third kappa shape index (κ3) is 6.11. The second kappa shape index (κ2) is 8.46. The van der Waals surface area contributed by atoms with Crippen molar-refractivity contribution < 1.29 is 29.3 Å². The normalized spacial score (nSPS) is 22.3. The molecule has 0 saturated carbocycles. The number of aliphatic carboxylic acids is 1. The van der Waals surface area contributed by atoms with Gasteiger partial charge in [-0.3, -0.25) is 9.59 Å². The molecule has 138 valence electrons. The lowest BCUT2D eigenvalue weighted by Gasteiger charge is -2.29. The molecule has 1 amide bonds. The van der Waals surface area contributed by atoms with E-state index in [1.807, 2.05) is 6.92 Å². The molecule has 0 aromatic carbocycles. The SMILES string of the molecule is CCCC[C@H](CC(=O)O)C(=O)N1C[C@H](O)C[C@H]1C(=O)OC(C)(C)C. The van der Waals surface area contributed by atoms with Crippen LogP contribution in [0.4, 0.5) is 0 Å². The molecule has 0 aromatic heterocycles. The Balaban J connectivity index is 2.90. The summed E-state index contributed by atoms with van der Waals surface area (Å²) in [6, 6.07) is -0.857. The number of carboxylic acid groups (broad SMARTS) is 1. The highest BCUT2D eigenvalue weighted by Crippen LogP contribution is 2.26. The van der Waals surface area contributed by atoms with Gasteiger partial charge in [-0.25, -0.2) is 4.79 Å². The van der Waals surface area contributed by atoms with Gasteiger partial charge in [0, 0.05) is 18.9 Å². The number of amides is 1. The molecular weight excluding hydrogens is 314 g/mol. The van der Waals surface area contributed by atoms with Crippen molar-refractivity contribution in [1.82, 2.24) is 4.90 Å². The van der Waals surface area contributed by atoms with Gasteiger partial charge >= 0.3 is 11.9 Å². The molecule has 0 radical (unpaired) electrons. The lowest BCUT2D eigenvalue weighted by Crippen LogP contribution is -2.46. The Kier molecular flexibility index (Phi) is 7.20. The van der Waals surface area contributed by atoms with Crippen LogP contribution in [-0.2, 0) is 19.1 Å². The Morgan fingerprint density at radius 2 is 1.92 bits per heavy atom. The predicted octanol–water partition coefficient (Wildman–Crippen LogP) is 1.57. The largest absolute Gasteiger partial charge is 0.481 e. The van der Waals surface area contributed by atoms with Crippen LogP contribution >= 0.6 is 0 Å². The van der Waals surface area contributed by atoms with E-state index in [-0.39, 0.29) is 19.4 Å². The van der Waals surface area contributed by atoms with Gasteiger partial charge in [-0.05, 0) is 27.2 Å². The summed E-state index contributed by atoms with van der Waals surface area (Å²) >= 11 is 0. The van der Waals surface area contributed by atoms with Crippen molar-refractivity contribution in [2.24, 2.45) is 5.92 Å². The molecule has 1 fully saturated rings. The Hall–Kier alpha value is -1.63. The maximum absolute atomic E-state index is 12.8. The van der Waals surface area contributed by atoms with Crippen molar-refractivity contribution in [2.75, 3.05) is 6.54 Å². The van der Waals surface area contributed by atoms with E-state index in [0.717, 1.165) is 12.8 Å². The van der Waals surface area contributed by atoms with Gasteiger partial charge in [0.25, 0.3) is 0 Å². The van der Waals surface area contributed by atoms with Gasteiger partial charge in [0.2, 0.25) is 5.91 Å². The zero-order valence-electron chi connectivity index (χ0n) is 14.9. The van der Waals surface area contributed by atoms with E-state index < -0.39 is 41.5 Å². The number of aliphatic hydroxyl groups excluding tert-OH is 1. The Morgan fingerprint density at radius 3 is 2.42 bits per heavy atom.